The molecule has 0 saturated carbocycles. The average Bonchev–Trinajstić information content (AvgIpc) is 3.49. The van der Waals surface area contributed by atoms with Crippen molar-refractivity contribution in [2.45, 2.75) is 17.6 Å². The average molecular weight is 462 g/mol. The molecule has 0 amide bonds. The third-order valence-corrected chi connectivity index (χ3v) is 6.16. The van der Waals surface area contributed by atoms with Crippen LogP contribution >= 0.6 is 23.1 Å². The zero-order valence-electron chi connectivity index (χ0n) is 15.7. The summed E-state index contributed by atoms with van der Waals surface area (Å²) in [7, 11) is 1.66. The first-order valence-corrected chi connectivity index (χ1v) is 10.7. The second-order valence-corrected chi connectivity index (χ2v) is 8.16. The van der Waals surface area contributed by atoms with Crippen molar-refractivity contribution in [1.29, 1.82) is 0 Å². The van der Waals surface area contributed by atoms with Crippen LogP contribution in [0.1, 0.15) is 5.82 Å². The highest BCUT2D eigenvalue weighted by molar-refractivity contribution is 7.98. The second-order valence-electron chi connectivity index (χ2n) is 6.32. The van der Waals surface area contributed by atoms with Gasteiger partial charge in [0.1, 0.15) is 16.3 Å². The molecular formula is C18H12F2N6O3S2. The third kappa shape index (κ3) is 3.55. The van der Waals surface area contributed by atoms with Crippen molar-refractivity contribution in [2.24, 2.45) is 7.05 Å². The molecule has 4 heterocycles. The van der Waals surface area contributed by atoms with Crippen LogP contribution in [0.5, 0.6) is 5.75 Å². The molecular weight excluding hydrogens is 450 g/mol. The number of rotatable bonds is 6. The Morgan fingerprint density at radius 2 is 1.97 bits per heavy atom. The van der Waals surface area contributed by atoms with E-state index >= 15 is 0 Å². The van der Waals surface area contributed by atoms with Gasteiger partial charge in [0.15, 0.2) is 0 Å². The standard InChI is InChI=1S/C18H12F2N6O3S2/c1-25-15(27)13-11(6-7-30-13)26-12(21-23-17(25)26)8-31-18-24-22-14(29-18)9-2-4-10(5-3-9)28-16(19)20/h2-7,16H,8H2,1H3. The van der Waals surface area contributed by atoms with Crippen LogP contribution in [0.3, 0.4) is 0 Å². The molecule has 0 N–H and O–H groups in total. The van der Waals surface area contributed by atoms with E-state index in [2.05, 4.69) is 25.1 Å². The Morgan fingerprint density at radius 1 is 1.16 bits per heavy atom. The van der Waals surface area contributed by atoms with Gasteiger partial charge in [-0.05, 0) is 35.7 Å². The molecule has 0 spiro atoms. The molecule has 0 aliphatic rings. The van der Waals surface area contributed by atoms with Crippen molar-refractivity contribution in [2.75, 3.05) is 0 Å². The number of fused-ring (bicyclic) bond motifs is 3. The van der Waals surface area contributed by atoms with Gasteiger partial charge in [-0.2, -0.15) is 8.78 Å². The first kappa shape index (κ1) is 19.6. The summed E-state index contributed by atoms with van der Waals surface area (Å²) >= 11 is 2.64. The van der Waals surface area contributed by atoms with Crippen molar-refractivity contribution < 1.29 is 17.9 Å². The highest BCUT2D eigenvalue weighted by Gasteiger charge is 2.17. The Bertz CT molecular complexity index is 1440. The van der Waals surface area contributed by atoms with E-state index in [-0.39, 0.29) is 17.2 Å². The maximum atomic E-state index is 12.4. The Kier molecular flexibility index (Phi) is 4.90. The number of hydrogen-bond donors (Lipinski definition) is 0. The minimum Gasteiger partial charge on any atom is -0.435 e. The molecule has 0 fully saturated rings. The first-order chi connectivity index (χ1) is 15.0. The monoisotopic (exact) mass is 462 g/mol. The summed E-state index contributed by atoms with van der Waals surface area (Å²) in [6, 6.07) is 7.77. The molecule has 5 rings (SSSR count). The molecule has 0 bridgehead atoms. The molecule has 1 aromatic carbocycles. The highest BCUT2D eigenvalue weighted by Crippen LogP contribution is 2.28. The van der Waals surface area contributed by atoms with Gasteiger partial charge in [-0.1, -0.05) is 11.8 Å². The van der Waals surface area contributed by atoms with E-state index in [0.717, 1.165) is 5.52 Å². The maximum Gasteiger partial charge on any atom is 0.387 e. The number of benzene rings is 1. The smallest absolute Gasteiger partial charge is 0.387 e. The number of ether oxygens (including phenoxy) is 1. The first-order valence-electron chi connectivity index (χ1n) is 8.83. The minimum absolute atomic E-state index is 0.0423. The number of aromatic nitrogens is 6. The number of alkyl halides is 2. The van der Waals surface area contributed by atoms with Crippen LogP contribution in [-0.4, -0.2) is 36.0 Å². The van der Waals surface area contributed by atoms with E-state index in [4.69, 9.17) is 4.42 Å². The summed E-state index contributed by atoms with van der Waals surface area (Å²) in [6.45, 7) is -2.89. The van der Waals surface area contributed by atoms with E-state index in [1.165, 1.54) is 39.8 Å². The van der Waals surface area contributed by atoms with Gasteiger partial charge in [-0.15, -0.1) is 31.7 Å². The van der Waals surface area contributed by atoms with Crippen molar-refractivity contribution in [3.63, 3.8) is 0 Å². The number of aryl methyl sites for hydroxylation is 1. The van der Waals surface area contributed by atoms with Gasteiger partial charge in [0.05, 0.1) is 11.3 Å². The van der Waals surface area contributed by atoms with Gasteiger partial charge >= 0.3 is 6.61 Å². The van der Waals surface area contributed by atoms with Crippen LogP contribution in [0.4, 0.5) is 8.78 Å². The predicted molar refractivity (Wildman–Crippen MR) is 110 cm³/mol. The minimum atomic E-state index is -2.89. The lowest BCUT2D eigenvalue weighted by molar-refractivity contribution is -0.0498. The fourth-order valence-corrected chi connectivity index (χ4v) is 4.56. The predicted octanol–water partition coefficient (Wildman–Crippen LogP) is 3.59. The van der Waals surface area contributed by atoms with Gasteiger partial charge in [0, 0.05) is 12.6 Å². The summed E-state index contributed by atoms with van der Waals surface area (Å²) in [5.41, 5.74) is 1.21. The Balaban J connectivity index is 1.37. The molecule has 9 nitrogen and oxygen atoms in total. The Labute approximate surface area is 180 Å². The van der Waals surface area contributed by atoms with Crippen LogP contribution in [0.25, 0.3) is 27.4 Å². The van der Waals surface area contributed by atoms with E-state index in [1.807, 2.05) is 15.8 Å². The zero-order valence-corrected chi connectivity index (χ0v) is 17.4. The lowest BCUT2D eigenvalue weighted by Gasteiger charge is -2.04. The summed E-state index contributed by atoms with van der Waals surface area (Å²) < 4.78 is 38.4. The fourth-order valence-electron chi connectivity index (χ4n) is 3.04. The molecule has 0 atom stereocenters. The molecule has 0 radical (unpaired) electrons. The number of hydrogen-bond acceptors (Lipinski definition) is 9. The fraction of sp³-hybridized carbons (Fsp3) is 0.167. The van der Waals surface area contributed by atoms with Gasteiger partial charge in [0.25, 0.3) is 10.8 Å². The van der Waals surface area contributed by atoms with E-state index in [0.29, 0.717) is 32.8 Å². The molecule has 5 aromatic rings. The summed E-state index contributed by atoms with van der Waals surface area (Å²) in [4.78, 5) is 12.4. The lowest BCUT2D eigenvalue weighted by Crippen LogP contribution is -2.19. The number of thiophene rings is 1. The van der Waals surface area contributed by atoms with Gasteiger partial charge in [0.2, 0.25) is 11.7 Å². The zero-order chi connectivity index (χ0) is 21.5. The van der Waals surface area contributed by atoms with Gasteiger partial charge in [-0.3, -0.25) is 13.8 Å². The molecule has 4 aromatic heterocycles. The van der Waals surface area contributed by atoms with Crippen LogP contribution in [0.15, 0.2) is 50.1 Å². The maximum absolute atomic E-state index is 12.4. The second kappa shape index (κ2) is 7.74. The Hall–Kier alpha value is -3.32. The largest absolute Gasteiger partial charge is 0.435 e. The van der Waals surface area contributed by atoms with Gasteiger partial charge in [-0.25, -0.2) is 0 Å². The summed E-state index contributed by atoms with van der Waals surface area (Å²) in [5.74, 6) is 1.75. The van der Waals surface area contributed by atoms with Crippen molar-refractivity contribution >= 4 is 39.1 Å². The third-order valence-electron chi connectivity index (χ3n) is 4.45. The molecule has 31 heavy (non-hydrogen) atoms. The Morgan fingerprint density at radius 3 is 2.74 bits per heavy atom. The van der Waals surface area contributed by atoms with E-state index in [1.54, 1.807) is 19.2 Å². The topological polar surface area (TPSA) is 100 Å². The lowest BCUT2D eigenvalue weighted by atomic mass is 10.2. The van der Waals surface area contributed by atoms with E-state index in [9.17, 15) is 13.6 Å². The summed E-state index contributed by atoms with van der Waals surface area (Å²) in [5, 5.41) is 18.5. The number of nitrogens with zero attached hydrogens (tertiary/aromatic N) is 6. The van der Waals surface area contributed by atoms with Crippen LogP contribution in [0, 0.1) is 0 Å². The van der Waals surface area contributed by atoms with Crippen LogP contribution in [0.2, 0.25) is 0 Å². The van der Waals surface area contributed by atoms with Crippen molar-refractivity contribution in [1.82, 2.24) is 29.4 Å². The number of thioether (sulfide) groups is 1. The molecule has 0 aliphatic heterocycles. The van der Waals surface area contributed by atoms with Crippen molar-refractivity contribution in [3.8, 4) is 17.2 Å². The highest BCUT2D eigenvalue weighted by atomic mass is 32.2. The van der Waals surface area contributed by atoms with Crippen molar-refractivity contribution in [3.05, 3.63) is 51.9 Å². The summed E-state index contributed by atoms with van der Waals surface area (Å²) in [6.07, 6.45) is 0. The molecule has 0 aliphatic carbocycles. The quantitative estimate of drug-likeness (QED) is 0.353. The molecule has 0 saturated heterocycles. The normalized spacial score (nSPS) is 11.7. The molecule has 158 valence electrons. The van der Waals surface area contributed by atoms with Crippen LogP contribution < -0.4 is 10.3 Å². The molecule has 13 heteroatoms. The van der Waals surface area contributed by atoms with Crippen LogP contribution in [-0.2, 0) is 12.8 Å². The SMILES string of the molecule is Cn1c(=O)c2sccc2n2c(CSc3nnc(-c4ccc(OC(F)F)cc4)o3)nnc12. The van der Waals surface area contributed by atoms with E-state index < -0.39 is 6.61 Å². The number of halogens is 2. The van der Waals surface area contributed by atoms with Gasteiger partial charge < -0.3 is 9.15 Å². The molecule has 0 unspecified atom stereocenters.